The fraction of sp³-hybridized carbons (Fsp3) is 0.292. The van der Waals surface area contributed by atoms with Crippen LogP contribution in [0, 0.1) is 0 Å². The number of anilines is 1. The van der Waals surface area contributed by atoms with Crippen LogP contribution in [0.4, 0.5) is 11.4 Å². The Morgan fingerprint density at radius 2 is 1.94 bits per heavy atom. The van der Waals surface area contributed by atoms with E-state index in [1.807, 2.05) is 59.4 Å². The first-order valence-corrected chi connectivity index (χ1v) is 11.6. The number of amides is 1. The van der Waals surface area contributed by atoms with Crippen LogP contribution < -0.4 is 19.6 Å². The molecule has 32 heavy (non-hydrogen) atoms. The molecule has 1 aliphatic rings. The summed E-state index contributed by atoms with van der Waals surface area (Å²) in [5, 5.41) is 9.82. The molecule has 1 amide bonds. The van der Waals surface area contributed by atoms with Crippen molar-refractivity contribution in [3.63, 3.8) is 0 Å². The molecule has 1 N–H and O–H groups in total. The lowest BCUT2D eigenvalue weighted by Gasteiger charge is -2.18. The highest BCUT2D eigenvalue weighted by atomic mass is 32.1. The molecule has 3 aromatic rings. The van der Waals surface area contributed by atoms with Crippen molar-refractivity contribution in [3.05, 3.63) is 52.6 Å². The second-order valence-electron chi connectivity index (χ2n) is 7.18. The number of carbonyl (C=O) groups is 1. The molecule has 0 spiro atoms. The summed E-state index contributed by atoms with van der Waals surface area (Å²) in [6.07, 6.45) is 1.71. The van der Waals surface area contributed by atoms with E-state index >= 15 is 0 Å². The molecule has 0 atom stereocenters. The lowest BCUT2D eigenvalue weighted by atomic mass is 10.1. The Morgan fingerprint density at radius 3 is 2.66 bits per heavy atom. The molecule has 0 saturated carbocycles. The van der Waals surface area contributed by atoms with E-state index in [9.17, 15) is 4.79 Å². The molecule has 0 unspecified atom stereocenters. The predicted molar refractivity (Wildman–Crippen MR) is 128 cm³/mol. The highest BCUT2D eigenvalue weighted by Gasteiger charge is 2.18. The van der Waals surface area contributed by atoms with E-state index in [-0.39, 0.29) is 12.5 Å². The number of benzene rings is 2. The third-order valence-corrected chi connectivity index (χ3v) is 5.84. The number of nitrogens with zero attached hydrogens (tertiary/aromatic N) is 3. The summed E-state index contributed by atoms with van der Waals surface area (Å²) in [6.45, 7) is 6.83. The molecule has 0 radical (unpaired) electrons. The van der Waals surface area contributed by atoms with Gasteiger partial charge in [-0.25, -0.2) is 9.67 Å². The zero-order chi connectivity index (χ0) is 22.5. The van der Waals surface area contributed by atoms with Gasteiger partial charge in [0.25, 0.3) is 5.91 Å². The monoisotopic (exact) mass is 450 g/mol. The highest BCUT2D eigenvalue weighted by molar-refractivity contribution is 7.07. The Balaban J connectivity index is 1.80. The summed E-state index contributed by atoms with van der Waals surface area (Å²) < 4.78 is 12.9. The van der Waals surface area contributed by atoms with Crippen LogP contribution in [-0.2, 0) is 4.79 Å². The maximum atomic E-state index is 11.8. The van der Waals surface area contributed by atoms with Gasteiger partial charge < -0.3 is 14.8 Å². The number of hydrogen-bond donors (Lipinski definition) is 1. The van der Waals surface area contributed by atoms with E-state index in [0.29, 0.717) is 18.0 Å². The van der Waals surface area contributed by atoms with Crippen molar-refractivity contribution in [3.8, 4) is 22.8 Å². The van der Waals surface area contributed by atoms with Crippen LogP contribution in [0.5, 0.6) is 11.5 Å². The maximum absolute atomic E-state index is 11.8. The Labute approximate surface area is 191 Å². The first-order chi connectivity index (χ1) is 15.6. The molecular weight excluding hydrogens is 424 g/mol. The molecule has 166 valence electrons. The lowest BCUT2D eigenvalue weighted by molar-refractivity contribution is -0.118. The topological polar surface area (TPSA) is 77.2 Å². The summed E-state index contributed by atoms with van der Waals surface area (Å²) >= 11 is 1.52. The summed E-state index contributed by atoms with van der Waals surface area (Å²) in [4.78, 5) is 17.4. The van der Waals surface area contributed by atoms with Crippen LogP contribution >= 0.6 is 11.3 Å². The van der Waals surface area contributed by atoms with Crippen molar-refractivity contribution in [2.75, 3.05) is 18.5 Å². The maximum Gasteiger partial charge on any atom is 0.262 e. The minimum absolute atomic E-state index is 0.0383. The van der Waals surface area contributed by atoms with Gasteiger partial charge in [-0.15, -0.1) is 11.3 Å². The van der Waals surface area contributed by atoms with Crippen LogP contribution in [0.15, 0.2) is 57.9 Å². The second-order valence-corrected chi connectivity index (χ2v) is 8.01. The average molecular weight is 451 g/mol. The molecule has 8 heteroatoms. The van der Waals surface area contributed by atoms with Crippen molar-refractivity contribution in [2.24, 2.45) is 10.1 Å². The van der Waals surface area contributed by atoms with Crippen LogP contribution in [0.3, 0.4) is 0 Å². The third-order valence-electron chi connectivity index (χ3n) is 5.02. The first kappa shape index (κ1) is 21.8. The van der Waals surface area contributed by atoms with Gasteiger partial charge in [0.2, 0.25) is 4.80 Å². The van der Waals surface area contributed by atoms with Gasteiger partial charge in [0.15, 0.2) is 6.61 Å². The van der Waals surface area contributed by atoms with Gasteiger partial charge in [0.1, 0.15) is 11.5 Å². The minimum atomic E-state index is -0.156. The van der Waals surface area contributed by atoms with Crippen molar-refractivity contribution in [1.29, 1.82) is 0 Å². The number of ether oxygens (including phenoxy) is 2. The van der Waals surface area contributed by atoms with E-state index in [1.54, 1.807) is 0 Å². The van der Waals surface area contributed by atoms with Gasteiger partial charge in [0.05, 0.1) is 23.7 Å². The molecule has 4 rings (SSSR count). The van der Waals surface area contributed by atoms with Gasteiger partial charge >= 0.3 is 0 Å². The van der Waals surface area contributed by atoms with Crippen LogP contribution in [0.25, 0.3) is 11.3 Å². The second kappa shape index (κ2) is 9.82. The standard InChI is InChI=1S/C24H26N4O3S/c1-4-17(5-2)27-28-21(16-7-12-22-20(13-16)26-23(29)14-31-22)15-32-24(28)25-18-8-10-19(11-9-18)30-6-3/h7-13,15H,4-6,14H2,1-3H3,(H,26,29). The number of fused-ring (bicyclic) bond motifs is 1. The van der Waals surface area contributed by atoms with E-state index < -0.39 is 0 Å². The van der Waals surface area contributed by atoms with Crippen LogP contribution in [-0.4, -0.2) is 29.5 Å². The Hall–Kier alpha value is -3.39. The van der Waals surface area contributed by atoms with Gasteiger partial charge in [-0.1, -0.05) is 13.8 Å². The molecule has 2 aromatic carbocycles. The van der Waals surface area contributed by atoms with E-state index in [4.69, 9.17) is 19.6 Å². The predicted octanol–water partition coefficient (Wildman–Crippen LogP) is 5.20. The van der Waals surface area contributed by atoms with Crippen molar-refractivity contribution in [2.45, 2.75) is 33.6 Å². The van der Waals surface area contributed by atoms with Gasteiger partial charge in [-0.3, -0.25) is 4.79 Å². The molecule has 1 aliphatic heterocycles. The summed E-state index contributed by atoms with van der Waals surface area (Å²) in [6, 6.07) is 13.5. The Morgan fingerprint density at radius 1 is 1.16 bits per heavy atom. The molecule has 1 aromatic heterocycles. The van der Waals surface area contributed by atoms with Crippen molar-refractivity contribution in [1.82, 2.24) is 4.68 Å². The third kappa shape index (κ3) is 4.75. The average Bonchev–Trinajstić information content (AvgIpc) is 3.20. The zero-order valence-electron chi connectivity index (χ0n) is 18.4. The van der Waals surface area contributed by atoms with Crippen molar-refractivity contribution < 1.29 is 14.3 Å². The zero-order valence-corrected chi connectivity index (χ0v) is 19.2. The quantitative estimate of drug-likeness (QED) is 0.503. The number of carbonyl (C=O) groups excluding carboxylic acids is 1. The van der Waals surface area contributed by atoms with E-state index in [0.717, 1.165) is 46.0 Å². The lowest BCUT2D eigenvalue weighted by Crippen LogP contribution is -2.25. The Kier molecular flexibility index (Phi) is 6.70. The number of hydrogen-bond acceptors (Lipinski definition) is 6. The van der Waals surface area contributed by atoms with Gasteiger partial charge in [0, 0.05) is 16.7 Å². The molecule has 0 aliphatic carbocycles. The largest absolute Gasteiger partial charge is 0.494 e. The summed E-state index contributed by atoms with van der Waals surface area (Å²) in [5.74, 6) is 1.33. The SMILES string of the molecule is CCOc1ccc(N=c2scc(-c3ccc4c(c3)NC(=O)CO4)n2N=C(CC)CC)cc1. The molecule has 0 saturated heterocycles. The van der Waals surface area contributed by atoms with E-state index in [2.05, 4.69) is 19.2 Å². The highest BCUT2D eigenvalue weighted by Crippen LogP contribution is 2.33. The first-order valence-electron chi connectivity index (χ1n) is 10.7. The number of nitrogens with one attached hydrogen (secondary N) is 1. The fourth-order valence-electron chi connectivity index (χ4n) is 3.34. The number of rotatable bonds is 7. The minimum Gasteiger partial charge on any atom is -0.494 e. The Bertz CT molecular complexity index is 1200. The van der Waals surface area contributed by atoms with Gasteiger partial charge in [-0.2, -0.15) is 5.10 Å². The summed E-state index contributed by atoms with van der Waals surface area (Å²) in [7, 11) is 0. The molecule has 7 nitrogen and oxygen atoms in total. The normalized spacial score (nSPS) is 13.2. The molecule has 2 heterocycles. The number of aromatic nitrogens is 1. The number of thiazole rings is 1. The van der Waals surface area contributed by atoms with Crippen LogP contribution in [0.2, 0.25) is 0 Å². The van der Waals surface area contributed by atoms with Crippen LogP contribution in [0.1, 0.15) is 33.6 Å². The van der Waals surface area contributed by atoms with Crippen molar-refractivity contribution >= 4 is 34.3 Å². The molecular formula is C24H26N4O3S. The summed E-state index contributed by atoms with van der Waals surface area (Å²) in [5.41, 5.74) is 4.39. The molecule has 0 fully saturated rings. The fourth-order valence-corrected chi connectivity index (χ4v) is 4.19. The van der Waals surface area contributed by atoms with Gasteiger partial charge in [-0.05, 0) is 62.2 Å². The smallest absolute Gasteiger partial charge is 0.262 e. The molecule has 0 bridgehead atoms. The van der Waals surface area contributed by atoms with E-state index in [1.165, 1.54) is 11.3 Å².